The highest BCUT2D eigenvalue weighted by Crippen LogP contribution is 2.15. The minimum atomic E-state index is -1.25. The molecular formula is C20H19F2NO4. The van der Waals surface area contributed by atoms with Crippen molar-refractivity contribution in [3.8, 4) is 0 Å². The first-order valence-electron chi connectivity index (χ1n) is 8.32. The number of nitrogens with one attached hydrogen (secondary N) is 1. The molecule has 0 aromatic heterocycles. The second-order valence-corrected chi connectivity index (χ2v) is 6.32. The number of Topliss-reactive ketones (excluding diaryl/α,β-unsaturated/α-hetero) is 1. The molecule has 0 saturated heterocycles. The fourth-order valence-electron chi connectivity index (χ4n) is 2.30. The monoisotopic (exact) mass is 375 g/mol. The summed E-state index contributed by atoms with van der Waals surface area (Å²) in [7, 11) is 0. The number of rotatable bonds is 7. The van der Waals surface area contributed by atoms with Gasteiger partial charge in [0.15, 0.2) is 12.4 Å². The number of amides is 1. The molecule has 0 aliphatic heterocycles. The highest BCUT2D eigenvalue weighted by molar-refractivity contribution is 6.00. The van der Waals surface area contributed by atoms with Gasteiger partial charge in [0.2, 0.25) is 5.91 Å². The number of halogens is 2. The molecule has 0 aliphatic rings. The highest BCUT2D eigenvalue weighted by atomic mass is 19.1. The van der Waals surface area contributed by atoms with Gasteiger partial charge in [-0.15, -0.1) is 0 Å². The lowest BCUT2D eigenvalue weighted by Gasteiger charge is -2.08. The van der Waals surface area contributed by atoms with Gasteiger partial charge < -0.3 is 10.1 Å². The zero-order valence-corrected chi connectivity index (χ0v) is 14.9. The summed E-state index contributed by atoms with van der Waals surface area (Å²) in [5, 5.41) is 2.70. The zero-order chi connectivity index (χ0) is 20.0. The van der Waals surface area contributed by atoms with Gasteiger partial charge in [0.25, 0.3) is 0 Å². The summed E-state index contributed by atoms with van der Waals surface area (Å²) < 4.78 is 31.7. The van der Waals surface area contributed by atoms with Crippen molar-refractivity contribution in [1.29, 1.82) is 0 Å². The number of ether oxygens (including phenoxy) is 1. The van der Waals surface area contributed by atoms with Crippen LogP contribution in [0.25, 0.3) is 0 Å². The van der Waals surface area contributed by atoms with Crippen LogP contribution in [0.15, 0.2) is 42.5 Å². The van der Waals surface area contributed by atoms with E-state index < -0.39 is 35.6 Å². The van der Waals surface area contributed by atoms with E-state index in [1.807, 2.05) is 13.8 Å². The summed E-state index contributed by atoms with van der Waals surface area (Å²) >= 11 is 0. The highest BCUT2D eigenvalue weighted by Gasteiger charge is 2.20. The second kappa shape index (κ2) is 9.02. The molecule has 0 bridgehead atoms. The van der Waals surface area contributed by atoms with E-state index in [0.29, 0.717) is 12.1 Å². The summed E-state index contributed by atoms with van der Waals surface area (Å²) in [6.45, 7) is 3.19. The summed E-state index contributed by atoms with van der Waals surface area (Å²) in [6, 6.07) is 8.99. The molecule has 27 heavy (non-hydrogen) atoms. The molecule has 0 spiro atoms. The normalized spacial score (nSPS) is 10.6. The molecule has 1 N–H and O–H groups in total. The Morgan fingerprint density at radius 2 is 1.59 bits per heavy atom. The fraction of sp³-hybridized carbons (Fsp3) is 0.250. The van der Waals surface area contributed by atoms with Crippen LogP contribution in [0.1, 0.15) is 41.0 Å². The number of benzene rings is 2. The second-order valence-electron chi connectivity index (χ2n) is 6.32. The van der Waals surface area contributed by atoms with Gasteiger partial charge in [0, 0.05) is 17.7 Å². The molecule has 0 unspecified atom stereocenters. The van der Waals surface area contributed by atoms with Crippen molar-refractivity contribution >= 4 is 23.3 Å². The first kappa shape index (κ1) is 20.2. The molecule has 0 radical (unpaired) electrons. The molecule has 2 aromatic carbocycles. The summed E-state index contributed by atoms with van der Waals surface area (Å²) in [4.78, 5) is 35.6. The van der Waals surface area contributed by atoms with Gasteiger partial charge in [-0.25, -0.2) is 13.6 Å². The molecule has 0 atom stereocenters. The number of hydrogen-bond donors (Lipinski definition) is 1. The van der Waals surface area contributed by atoms with Gasteiger partial charge >= 0.3 is 5.97 Å². The van der Waals surface area contributed by atoms with E-state index in [2.05, 4.69) is 5.32 Å². The summed E-state index contributed by atoms with van der Waals surface area (Å²) in [5.41, 5.74) is -0.0743. The first-order valence-corrected chi connectivity index (χ1v) is 8.32. The summed E-state index contributed by atoms with van der Waals surface area (Å²) in [6.07, 6.45) is 0.378. The number of carbonyl (C=O) groups is 3. The minimum absolute atomic E-state index is 0.134. The van der Waals surface area contributed by atoms with Crippen molar-refractivity contribution in [2.24, 2.45) is 5.92 Å². The van der Waals surface area contributed by atoms with E-state index >= 15 is 0 Å². The SMILES string of the molecule is CC(C)CC(=O)Nc1ccc(C(=O)COC(=O)c2c(F)cccc2F)cc1. The molecule has 142 valence electrons. The Labute approximate surface area is 155 Å². The Bertz CT molecular complexity index is 827. The lowest BCUT2D eigenvalue weighted by atomic mass is 10.1. The average molecular weight is 375 g/mol. The van der Waals surface area contributed by atoms with E-state index in [1.54, 1.807) is 12.1 Å². The predicted molar refractivity (Wildman–Crippen MR) is 95.5 cm³/mol. The third kappa shape index (κ3) is 5.70. The van der Waals surface area contributed by atoms with Gasteiger partial charge in [-0.05, 0) is 42.3 Å². The van der Waals surface area contributed by atoms with Crippen molar-refractivity contribution < 1.29 is 27.9 Å². The van der Waals surface area contributed by atoms with Crippen LogP contribution >= 0.6 is 0 Å². The Morgan fingerprint density at radius 1 is 1.00 bits per heavy atom. The van der Waals surface area contributed by atoms with Crippen molar-refractivity contribution in [2.75, 3.05) is 11.9 Å². The molecule has 0 aliphatic carbocycles. The van der Waals surface area contributed by atoms with E-state index in [1.165, 1.54) is 12.1 Å². The Hall–Kier alpha value is -3.09. The van der Waals surface area contributed by atoms with Crippen LogP contribution in [-0.2, 0) is 9.53 Å². The van der Waals surface area contributed by atoms with Crippen molar-refractivity contribution in [2.45, 2.75) is 20.3 Å². The largest absolute Gasteiger partial charge is 0.454 e. The predicted octanol–water partition coefficient (Wildman–Crippen LogP) is 3.99. The van der Waals surface area contributed by atoms with Crippen LogP contribution < -0.4 is 5.32 Å². The van der Waals surface area contributed by atoms with Gasteiger partial charge in [-0.2, -0.15) is 0 Å². The molecule has 2 rings (SSSR count). The topological polar surface area (TPSA) is 72.5 Å². The third-order valence-electron chi connectivity index (χ3n) is 3.59. The Balaban J connectivity index is 1.94. The van der Waals surface area contributed by atoms with Crippen LogP contribution in [-0.4, -0.2) is 24.3 Å². The van der Waals surface area contributed by atoms with Crippen LogP contribution in [0.4, 0.5) is 14.5 Å². The maximum atomic E-state index is 13.5. The molecule has 0 heterocycles. The number of carbonyl (C=O) groups excluding carboxylic acids is 3. The molecule has 0 saturated carbocycles. The van der Waals surface area contributed by atoms with Gasteiger partial charge in [-0.1, -0.05) is 19.9 Å². The third-order valence-corrected chi connectivity index (χ3v) is 3.59. The number of hydrogen-bond acceptors (Lipinski definition) is 4. The van der Waals surface area contributed by atoms with E-state index in [-0.39, 0.29) is 17.4 Å². The van der Waals surface area contributed by atoms with Crippen LogP contribution in [0.5, 0.6) is 0 Å². The maximum Gasteiger partial charge on any atom is 0.344 e. The van der Waals surface area contributed by atoms with Crippen LogP contribution in [0.2, 0.25) is 0 Å². The zero-order valence-electron chi connectivity index (χ0n) is 14.9. The molecule has 7 heteroatoms. The molecule has 2 aromatic rings. The lowest BCUT2D eigenvalue weighted by Crippen LogP contribution is -2.17. The quantitative estimate of drug-likeness (QED) is 0.587. The van der Waals surface area contributed by atoms with E-state index in [9.17, 15) is 23.2 Å². The van der Waals surface area contributed by atoms with Crippen molar-refractivity contribution in [3.63, 3.8) is 0 Å². The minimum Gasteiger partial charge on any atom is -0.454 e. The van der Waals surface area contributed by atoms with Crippen molar-refractivity contribution in [3.05, 3.63) is 65.2 Å². The number of anilines is 1. The molecular weight excluding hydrogens is 356 g/mol. The molecule has 5 nitrogen and oxygen atoms in total. The Kier molecular flexibility index (Phi) is 6.76. The maximum absolute atomic E-state index is 13.5. The van der Waals surface area contributed by atoms with Crippen LogP contribution in [0, 0.1) is 17.6 Å². The molecule has 1 amide bonds. The first-order chi connectivity index (χ1) is 12.8. The number of ketones is 1. The summed E-state index contributed by atoms with van der Waals surface area (Å²) in [5.74, 6) is -3.83. The van der Waals surface area contributed by atoms with E-state index in [0.717, 1.165) is 18.2 Å². The van der Waals surface area contributed by atoms with Gasteiger partial charge in [0.1, 0.15) is 17.2 Å². The Morgan fingerprint density at radius 3 is 2.15 bits per heavy atom. The average Bonchev–Trinajstić information content (AvgIpc) is 2.59. The lowest BCUT2D eigenvalue weighted by molar-refractivity contribution is -0.116. The standard InChI is InChI=1S/C20H19F2NO4/c1-12(2)10-18(25)23-14-8-6-13(7-9-14)17(24)11-27-20(26)19-15(21)4-3-5-16(19)22/h3-9,12H,10-11H2,1-2H3,(H,23,25). The van der Waals surface area contributed by atoms with Crippen molar-refractivity contribution in [1.82, 2.24) is 0 Å². The van der Waals surface area contributed by atoms with Gasteiger partial charge in [-0.3, -0.25) is 9.59 Å². The number of esters is 1. The van der Waals surface area contributed by atoms with Crippen LogP contribution in [0.3, 0.4) is 0 Å². The van der Waals surface area contributed by atoms with Gasteiger partial charge in [0.05, 0.1) is 0 Å². The van der Waals surface area contributed by atoms with E-state index in [4.69, 9.17) is 4.74 Å². The smallest absolute Gasteiger partial charge is 0.344 e. The fourth-order valence-corrected chi connectivity index (χ4v) is 2.30. The molecule has 0 fully saturated rings.